The first kappa shape index (κ1) is 24.4. The van der Waals surface area contributed by atoms with Gasteiger partial charge in [-0.1, -0.05) is 70.2 Å². The first-order valence-electron chi connectivity index (χ1n) is 10.9. The minimum Gasteiger partial charge on any atom is -0.466 e. The van der Waals surface area contributed by atoms with E-state index < -0.39 is 0 Å². The van der Waals surface area contributed by atoms with Crippen LogP contribution in [-0.2, 0) is 16.1 Å². The van der Waals surface area contributed by atoms with Gasteiger partial charge < -0.3 is 4.74 Å². The number of likely N-dealkylation sites (tertiary alicyclic amines) is 1. The van der Waals surface area contributed by atoms with Gasteiger partial charge in [-0.25, -0.2) is 0 Å². The third kappa shape index (κ3) is 9.54. The molecule has 2 rings (SSSR count). The van der Waals surface area contributed by atoms with Crippen molar-refractivity contribution in [2.75, 3.05) is 19.7 Å². The number of esters is 1. The highest BCUT2D eigenvalue weighted by molar-refractivity contribution is 5.73. The molecule has 28 heavy (non-hydrogen) atoms. The SMILES string of the molecule is C/C=C\CC(C)C.CCOC(=O)C1CN(Cc2ccccc2)C[C@H]1CC(C)C. The number of hydrogen-bond acceptors (Lipinski definition) is 3. The van der Waals surface area contributed by atoms with Crippen LogP contribution in [0.5, 0.6) is 0 Å². The third-order valence-electron chi connectivity index (χ3n) is 4.97. The molecule has 0 N–H and O–H groups in total. The van der Waals surface area contributed by atoms with Crippen LogP contribution in [0.3, 0.4) is 0 Å². The molecule has 0 spiro atoms. The Morgan fingerprint density at radius 2 is 1.82 bits per heavy atom. The summed E-state index contributed by atoms with van der Waals surface area (Å²) >= 11 is 0. The molecule has 1 aromatic carbocycles. The van der Waals surface area contributed by atoms with Crippen LogP contribution < -0.4 is 0 Å². The lowest BCUT2D eigenvalue weighted by atomic mass is 9.88. The van der Waals surface area contributed by atoms with Gasteiger partial charge in [0, 0.05) is 19.6 Å². The zero-order valence-corrected chi connectivity index (χ0v) is 18.9. The maximum absolute atomic E-state index is 12.2. The molecule has 158 valence electrons. The molecule has 0 saturated carbocycles. The van der Waals surface area contributed by atoms with Gasteiger partial charge in [0.25, 0.3) is 0 Å². The van der Waals surface area contributed by atoms with Gasteiger partial charge in [-0.05, 0) is 50.0 Å². The Balaban J connectivity index is 0.000000480. The lowest BCUT2D eigenvalue weighted by Crippen LogP contribution is -2.26. The molecule has 1 fully saturated rings. The molecule has 1 unspecified atom stereocenters. The highest BCUT2D eigenvalue weighted by Gasteiger charge is 2.38. The minimum absolute atomic E-state index is 0.0151. The van der Waals surface area contributed by atoms with E-state index in [1.165, 1.54) is 12.0 Å². The molecular weight excluding hydrogens is 346 g/mol. The standard InChI is InChI=1S/C18H27NO2.C7H14/c1-4-21-18(20)17-13-19(12-16(17)10-14(2)3)11-15-8-6-5-7-9-15;1-4-5-6-7(2)3/h5-9,14,16-17H,4,10-13H2,1-3H3;4-5,7H,6H2,1-3H3/b;5-4-/t16-,17?;/m1./s1. The topological polar surface area (TPSA) is 29.5 Å². The summed E-state index contributed by atoms with van der Waals surface area (Å²) in [4.78, 5) is 14.6. The van der Waals surface area contributed by atoms with E-state index >= 15 is 0 Å². The number of nitrogens with zero attached hydrogens (tertiary/aromatic N) is 1. The summed E-state index contributed by atoms with van der Waals surface area (Å²) < 4.78 is 5.27. The lowest BCUT2D eigenvalue weighted by Gasteiger charge is -2.18. The molecule has 2 atom stereocenters. The molecule has 0 radical (unpaired) electrons. The number of hydrogen-bond donors (Lipinski definition) is 0. The Hall–Kier alpha value is -1.61. The number of ether oxygens (including phenoxy) is 1. The van der Waals surface area contributed by atoms with Crippen molar-refractivity contribution in [2.24, 2.45) is 23.7 Å². The number of carbonyl (C=O) groups excluding carboxylic acids is 1. The summed E-state index contributed by atoms with van der Waals surface area (Å²) in [6.07, 6.45) is 6.61. The van der Waals surface area contributed by atoms with Crippen LogP contribution >= 0.6 is 0 Å². The van der Waals surface area contributed by atoms with E-state index in [9.17, 15) is 4.79 Å². The fourth-order valence-corrected chi connectivity index (χ4v) is 3.70. The van der Waals surface area contributed by atoms with Gasteiger partial charge in [0.2, 0.25) is 0 Å². The molecule has 0 aromatic heterocycles. The zero-order chi connectivity index (χ0) is 20.9. The minimum atomic E-state index is -0.0151. The Labute approximate surface area is 173 Å². The number of benzene rings is 1. The molecule has 1 saturated heterocycles. The fraction of sp³-hybridized carbons (Fsp3) is 0.640. The monoisotopic (exact) mass is 387 g/mol. The van der Waals surface area contributed by atoms with Crippen molar-refractivity contribution in [1.82, 2.24) is 4.90 Å². The van der Waals surface area contributed by atoms with Crippen LogP contribution in [-0.4, -0.2) is 30.6 Å². The van der Waals surface area contributed by atoms with Crippen molar-refractivity contribution in [2.45, 2.75) is 60.9 Å². The van der Waals surface area contributed by atoms with Gasteiger partial charge in [0.15, 0.2) is 0 Å². The van der Waals surface area contributed by atoms with Gasteiger partial charge in [-0.3, -0.25) is 9.69 Å². The predicted molar refractivity (Wildman–Crippen MR) is 119 cm³/mol. The largest absolute Gasteiger partial charge is 0.466 e. The molecule has 1 aliphatic rings. The Bertz CT molecular complexity index is 565. The van der Waals surface area contributed by atoms with Crippen LogP contribution in [0.4, 0.5) is 0 Å². The Morgan fingerprint density at radius 1 is 1.14 bits per heavy atom. The van der Waals surface area contributed by atoms with E-state index in [0.717, 1.165) is 32.0 Å². The van der Waals surface area contributed by atoms with Crippen molar-refractivity contribution < 1.29 is 9.53 Å². The van der Waals surface area contributed by atoms with E-state index in [2.05, 4.69) is 75.9 Å². The van der Waals surface area contributed by atoms with E-state index in [4.69, 9.17) is 4.74 Å². The lowest BCUT2D eigenvalue weighted by molar-refractivity contribution is -0.149. The summed E-state index contributed by atoms with van der Waals surface area (Å²) in [5.74, 6) is 1.88. The van der Waals surface area contributed by atoms with E-state index in [0.29, 0.717) is 18.4 Å². The van der Waals surface area contributed by atoms with Gasteiger partial charge in [-0.15, -0.1) is 0 Å². The molecule has 3 nitrogen and oxygen atoms in total. The summed E-state index contributed by atoms with van der Waals surface area (Å²) in [6, 6.07) is 10.5. The van der Waals surface area contributed by atoms with Crippen LogP contribution in [0.15, 0.2) is 42.5 Å². The second-order valence-electron chi connectivity index (χ2n) is 8.63. The summed E-state index contributed by atoms with van der Waals surface area (Å²) in [5, 5.41) is 0. The molecule has 3 heteroatoms. The van der Waals surface area contributed by atoms with Crippen LogP contribution in [0, 0.1) is 23.7 Å². The van der Waals surface area contributed by atoms with Crippen molar-refractivity contribution in [3.63, 3.8) is 0 Å². The molecule has 0 bridgehead atoms. The Morgan fingerprint density at radius 3 is 2.32 bits per heavy atom. The van der Waals surface area contributed by atoms with Gasteiger partial charge in [-0.2, -0.15) is 0 Å². The highest BCUT2D eigenvalue weighted by atomic mass is 16.5. The second kappa shape index (κ2) is 13.5. The predicted octanol–water partition coefficient (Wildman–Crippen LogP) is 5.95. The van der Waals surface area contributed by atoms with Crippen molar-refractivity contribution >= 4 is 5.97 Å². The maximum Gasteiger partial charge on any atom is 0.310 e. The van der Waals surface area contributed by atoms with Gasteiger partial charge >= 0.3 is 5.97 Å². The van der Waals surface area contributed by atoms with E-state index in [-0.39, 0.29) is 11.9 Å². The van der Waals surface area contributed by atoms with E-state index in [1.807, 2.05) is 13.0 Å². The van der Waals surface area contributed by atoms with Crippen molar-refractivity contribution in [3.8, 4) is 0 Å². The van der Waals surface area contributed by atoms with Gasteiger partial charge in [0.05, 0.1) is 12.5 Å². The second-order valence-corrected chi connectivity index (χ2v) is 8.63. The molecule has 0 aliphatic carbocycles. The normalized spacial score (nSPS) is 19.9. The first-order chi connectivity index (χ1) is 13.4. The number of rotatable bonds is 8. The first-order valence-corrected chi connectivity index (χ1v) is 10.9. The molecule has 1 heterocycles. The average Bonchev–Trinajstić information content (AvgIpc) is 3.03. The van der Waals surface area contributed by atoms with Crippen molar-refractivity contribution in [1.29, 1.82) is 0 Å². The van der Waals surface area contributed by atoms with Gasteiger partial charge in [0.1, 0.15) is 0 Å². The molecular formula is C25H41NO2. The van der Waals surface area contributed by atoms with Crippen molar-refractivity contribution in [3.05, 3.63) is 48.0 Å². The molecule has 1 aliphatic heterocycles. The fourth-order valence-electron chi connectivity index (χ4n) is 3.70. The zero-order valence-electron chi connectivity index (χ0n) is 18.9. The quantitative estimate of drug-likeness (QED) is 0.407. The number of allylic oxidation sites excluding steroid dienone is 2. The highest BCUT2D eigenvalue weighted by Crippen LogP contribution is 2.31. The third-order valence-corrected chi connectivity index (χ3v) is 4.97. The summed E-state index contributed by atoms with van der Waals surface area (Å²) in [7, 11) is 0. The number of carbonyl (C=O) groups is 1. The Kier molecular flexibility index (Phi) is 11.8. The maximum atomic E-state index is 12.2. The summed E-state index contributed by atoms with van der Waals surface area (Å²) in [5.41, 5.74) is 1.31. The molecule has 1 aromatic rings. The average molecular weight is 388 g/mol. The van der Waals surface area contributed by atoms with Crippen LogP contribution in [0.2, 0.25) is 0 Å². The smallest absolute Gasteiger partial charge is 0.310 e. The summed E-state index contributed by atoms with van der Waals surface area (Å²) in [6.45, 7) is 16.0. The van der Waals surface area contributed by atoms with Crippen LogP contribution in [0.1, 0.15) is 59.9 Å². The van der Waals surface area contributed by atoms with Crippen LogP contribution in [0.25, 0.3) is 0 Å². The molecule has 0 amide bonds. The van der Waals surface area contributed by atoms with E-state index in [1.54, 1.807) is 0 Å².